The predicted molar refractivity (Wildman–Crippen MR) is 60.2 cm³/mol. The van der Waals surface area contributed by atoms with Gasteiger partial charge < -0.3 is 11.1 Å². The van der Waals surface area contributed by atoms with E-state index >= 15 is 0 Å². The fourth-order valence-corrected chi connectivity index (χ4v) is 2.52. The van der Waals surface area contributed by atoms with Gasteiger partial charge in [0.05, 0.1) is 0 Å². The van der Waals surface area contributed by atoms with Crippen molar-refractivity contribution < 1.29 is 0 Å². The number of nitrogens with two attached hydrogens (primary N) is 1. The highest BCUT2D eigenvalue weighted by atomic mass is 14.9. The third kappa shape index (κ3) is 3.25. The monoisotopic (exact) mass is 196 g/mol. The zero-order valence-electron chi connectivity index (χ0n) is 9.23. The van der Waals surface area contributed by atoms with Crippen LogP contribution in [0.4, 0.5) is 0 Å². The lowest BCUT2D eigenvalue weighted by Crippen LogP contribution is -2.46. The summed E-state index contributed by atoms with van der Waals surface area (Å²) in [5.74, 6) is 1.08. The van der Waals surface area contributed by atoms with Crippen molar-refractivity contribution in [1.29, 1.82) is 0 Å². The lowest BCUT2D eigenvalue weighted by Gasteiger charge is -2.23. The van der Waals surface area contributed by atoms with Gasteiger partial charge in [-0.15, -0.1) is 0 Å². The van der Waals surface area contributed by atoms with E-state index in [-0.39, 0.29) is 5.54 Å². The molecule has 0 aromatic rings. The Labute approximate surface area is 87.6 Å². The SMILES string of the molecule is NC1(CNCCCC2CC2)CCCC1. The lowest BCUT2D eigenvalue weighted by molar-refractivity contribution is 0.401. The molecule has 0 aliphatic heterocycles. The highest BCUT2D eigenvalue weighted by molar-refractivity contribution is 4.91. The van der Waals surface area contributed by atoms with E-state index < -0.39 is 0 Å². The number of rotatable bonds is 6. The van der Waals surface area contributed by atoms with Crippen molar-refractivity contribution in [2.45, 2.75) is 56.9 Å². The zero-order chi connectivity index (χ0) is 9.86. The van der Waals surface area contributed by atoms with Gasteiger partial charge in [-0.2, -0.15) is 0 Å². The molecule has 2 aliphatic rings. The van der Waals surface area contributed by atoms with Crippen LogP contribution in [-0.4, -0.2) is 18.6 Å². The first kappa shape index (κ1) is 10.4. The summed E-state index contributed by atoms with van der Waals surface area (Å²) in [5, 5.41) is 3.53. The summed E-state index contributed by atoms with van der Waals surface area (Å²) in [6.07, 6.45) is 10.9. The van der Waals surface area contributed by atoms with Crippen LogP contribution in [0.2, 0.25) is 0 Å². The molecule has 0 spiro atoms. The number of hydrogen-bond donors (Lipinski definition) is 2. The van der Waals surface area contributed by atoms with Crippen molar-refractivity contribution in [1.82, 2.24) is 5.32 Å². The molecule has 0 radical (unpaired) electrons. The van der Waals surface area contributed by atoms with Crippen LogP contribution in [-0.2, 0) is 0 Å². The van der Waals surface area contributed by atoms with E-state index in [9.17, 15) is 0 Å². The first-order chi connectivity index (χ1) is 6.79. The van der Waals surface area contributed by atoms with Crippen LogP contribution in [0.5, 0.6) is 0 Å². The molecule has 2 saturated carbocycles. The van der Waals surface area contributed by atoms with Crippen molar-refractivity contribution >= 4 is 0 Å². The molecule has 3 N–H and O–H groups in total. The quantitative estimate of drug-likeness (QED) is 0.638. The minimum absolute atomic E-state index is 0.138. The van der Waals surface area contributed by atoms with Gasteiger partial charge in [-0.1, -0.05) is 25.7 Å². The summed E-state index contributed by atoms with van der Waals surface area (Å²) in [6, 6.07) is 0. The second-order valence-corrected chi connectivity index (χ2v) is 5.33. The van der Waals surface area contributed by atoms with E-state index in [4.69, 9.17) is 5.73 Å². The van der Waals surface area contributed by atoms with Crippen molar-refractivity contribution in [2.75, 3.05) is 13.1 Å². The third-order valence-corrected chi connectivity index (χ3v) is 3.74. The van der Waals surface area contributed by atoms with Gasteiger partial charge in [0.25, 0.3) is 0 Å². The maximum Gasteiger partial charge on any atom is 0.0280 e. The lowest BCUT2D eigenvalue weighted by atomic mass is 9.99. The Morgan fingerprint density at radius 1 is 1.21 bits per heavy atom. The van der Waals surface area contributed by atoms with Crippen LogP contribution in [0.1, 0.15) is 51.4 Å². The molecule has 2 fully saturated rings. The summed E-state index contributed by atoms with van der Waals surface area (Å²) < 4.78 is 0. The largest absolute Gasteiger partial charge is 0.324 e. The van der Waals surface area contributed by atoms with Crippen LogP contribution < -0.4 is 11.1 Å². The maximum absolute atomic E-state index is 6.25. The second kappa shape index (κ2) is 4.63. The smallest absolute Gasteiger partial charge is 0.0280 e. The van der Waals surface area contributed by atoms with Gasteiger partial charge >= 0.3 is 0 Å². The van der Waals surface area contributed by atoms with Gasteiger partial charge in [0.1, 0.15) is 0 Å². The topological polar surface area (TPSA) is 38.0 Å². The summed E-state index contributed by atoms with van der Waals surface area (Å²) in [5.41, 5.74) is 6.39. The molecule has 0 saturated heterocycles. The Bertz CT molecular complexity index is 169. The van der Waals surface area contributed by atoms with Gasteiger partial charge in [0.15, 0.2) is 0 Å². The molecule has 0 heterocycles. The average molecular weight is 196 g/mol. The van der Waals surface area contributed by atoms with Crippen LogP contribution in [0.15, 0.2) is 0 Å². The Hall–Kier alpha value is -0.0800. The number of nitrogens with one attached hydrogen (secondary N) is 1. The molecule has 2 nitrogen and oxygen atoms in total. The van der Waals surface area contributed by atoms with Gasteiger partial charge in [-0.05, 0) is 38.1 Å². The van der Waals surface area contributed by atoms with Crippen LogP contribution in [0.3, 0.4) is 0 Å². The van der Waals surface area contributed by atoms with E-state index in [2.05, 4.69) is 5.32 Å². The van der Waals surface area contributed by atoms with E-state index in [1.807, 2.05) is 0 Å². The van der Waals surface area contributed by atoms with Crippen molar-refractivity contribution in [2.24, 2.45) is 11.7 Å². The van der Waals surface area contributed by atoms with Crippen molar-refractivity contribution in [3.63, 3.8) is 0 Å². The molecule has 82 valence electrons. The van der Waals surface area contributed by atoms with Gasteiger partial charge in [0, 0.05) is 12.1 Å². The molecular weight excluding hydrogens is 172 g/mol. The minimum Gasteiger partial charge on any atom is -0.324 e. The second-order valence-electron chi connectivity index (χ2n) is 5.33. The van der Waals surface area contributed by atoms with Gasteiger partial charge in [0.2, 0.25) is 0 Å². The molecule has 0 unspecified atom stereocenters. The Morgan fingerprint density at radius 2 is 1.93 bits per heavy atom. The molecule has 0 aromatic carbocycles. The number of hydrogen-bond acceptors (Lipinski definition) is 2. The maximum atomic E-state index is 6.25. The predicted octanol–water partition coefficient (Wildman–Crippen LogP) is 2.04. The Morgan fingerprint density at radius 3 is 2.57 bits per heavy atom. The van der Waals surface area contributed by atoms with E-state index in [0.29, 0.717) is 0 Å². The summed E-state index contributed by atoms with van der Waals surface area (Å²) >= 11 is 0. The van der Waals surface area contributed by atoms with Gasteiger partial charge in [-0.3, -0.25) is 0 Å². The first-order valence-corrected chi connectivity index (χ1v) is 6.28. The highest BCUT2D eigenvalue weighted by Gasteiger charge is 2.28. The van der Waals surface area contributed by atoms with Crippen LogP contribution in [0.25, 0.3) is 0 Å². The van der Waals surface area contributed by atoms with Crippen molar-refractivity contribution in [3.05, 3.63) is 0 Å². The molecule has 2 rings (SSSR count). The summed E-state index contributed by atoms with van der Waals surface area (Å²) in [6.45, 7) is 2.22. The average Bonchev–Trinajstić information content (AvgIpc) is 2.89. The zero-order valence-corrected chi connectivity index (χ0v) is 9.23. The molecular formula is C12H24N2. The summed E-state index contributed by atoms with van der Waals surface area (Å²) in [4.78, 5) is 0. The van der Waals surface area contributed by atoms with Gasteiger partial charge in [-0.25, -0.2) is 0 Å². The van der Waals surface area contributed by atoms with Crippen molar-refractivity contribution in [3.8, 4) is 0 Å². The standard InChI is InChI=1S/C12H24N2/c13-12(7-1-2-8-12)10-14-9-3-4-11-5-6-11/h11,14H,1-10,13H2. The molecule has 2 heteroatoms. The van der Waals surface area contributed by atoms with Crippen LogP contribution >= 0.6 is 0 Å². The third-order valence-electron chi connectivity index (χ3n) is 3.74. The van der Waals surface area contributed by atoms with E-state index in [1.54, 1.807) is 0 Å². The fraction of sp³-hybridized carbons (Fsp3) is 1.00. The molecule has 14 heavy (non-hydrogen) atoms. The van der Waals surface area contributed by atoms with E-state index in [0.717, 1.165) is 12.5 Å². The molecule has 0 amide bonds. The molecule has 0 atom stereocenters. The molecule has 0 aromatic heterocycles. The molecule has 2 aliphatic carbocycles. The first-order valence-electron chi connectivity index (χ1n) is 6.28. The molecule has 0 bridgehead atoms. The Balaban J connectivity index is 1.48. The Kier molecular flexibility index (Phi) is 3.45. The van der Waals surface area contributed by atoms with E-state index in [1.165, 1.54) is 57.9 Å². The normalized spacial score (nSPS) is 25.5. The fourth-order valence-electron chi connectivity index (χ4n) is 2.52. The van der Waals surface area contributed by atoms with Crippen LogP contribution in [0, 0.1) is 5.92 Å². The minimum atomic E-state index is 0.138. The summed E-state index contributed by atoms with van der Waals surface area (Å²) in [7, 11) is 0. The highest BCUT2D eigenvalue weighted by Crippen LogP contribution is 2.33.